The minimum Gasteiger partial charge on any atom is -0.482 e. The first kappa shape index (κ1) is 25.5. The number of hydrogen-bond donors (Lipinski definition) is 2. The van der Waals surface area contributed by atoms with Crippen molar-refractivity contribution < 1.29 is 29.3 Å². The molecular weight excluding hydrogens is 420 g/mol. The van der Waals surface area contributed by atoms with E-state index in [4.69, 9.17) is 14.6 Å². The molecule has 0 bridgehead atoms. The Bertz CT molecular complexity index is 778. The molecule has 2 unspecified atom stereocenters. The summed E-state index contributed by atoms with van der Waals surface area (Å²) in [5, 5.41) is 19.4. The summed E-state index contributed by atoms with van der Waals surface area (Å²) in [7, 11) is 0. The normalized spacial score (nSPS) is 28.5. The van der Waals surface area contributed by atoms with Gasteiger partial charge in [-0.2, -0.15) is 0 Å². The number of hydrogen-bond acceptors (Lipinski definition) is 5. The second-order valence-corrected chi connectivity index (χ2v) is 10.1. The van der Waals surface area contributed by atoms with Crippen molar-refractivity contribution in [2.24, 2.45) is 29.6 Å². The number of aliphatic carboxylic acids is 1. The van der Waals surface area contributed by atoms with Gasteiger partial charge in [-0.1, -0.05) is 32.4 Å². The SMILES string of the molecule is CC[C@H]1C[C@@H](O)[C@H](CCC2CC2C)[C@H]1Cc1cccc(OCC(=O)OCCCCC(=O)O)c1. The van der Waals surface area contributed by atoms with Crippen LogP contribution in [0.2, 0.25) is 0 Å². The summed E-state index contributed by atoms with van der Waals surface area (Å²) < 4.78 is 10.8. The van der Waals surface area contributed by atoms with Crippen LogP contribution in [0, 0.1) is 29.6 Å². The van der Waals surface area contributed by atoms with Crippen LogP contribution < -0.4 is 4.74 Å². The lowest BCUT2D eigenvalue weighted by molar-refractivity contribution is -0.146. The Morgan fingerprint density at radius 3 is 2.58 bits per heavy atom. The van der Waals surface area contributed by atoms with Crippen molar-refractivity contribution in [3.8, 4) is 5.75 Å². The van der Waals surface area contributed by atoms with E-state index < -0.39 is 11.9 Å². The van der Waals surface area contributed by atoms with Gasteiger partial charge in [-0.3, -0.25) is 4.79 Å². The van der Waals surface area contributed by atoms with Crippen molar-refractivity contribution in [1.82, 2.24) is 0 Å². The monoisotopic (exact) mass is 460 g/mol. The third kappa shape index (κ3) is 8.02. The Balaban J connectivity index is 1.48. The zero-order valence-corrected chi connectivity index (χ0v) is 20.1. The number of carbonyl (C=O) groups is 2. The van der Waals surface area contributed by atoms with Crippen molar-refractivity contribution >= 4 is 11.9 Å². The molecule has 0 spiro atoms. The highest BCUT2D eigenvalue weighted by atomic mass is 16.6. The molecule has 184 valence electrons. The molecule has 3 rings (SSSR count). The van der Waals surface area contributed by atoms with Crippen LogP contribution in [-0.2, 0) is 20.7 Å². The molecule has 0 saturated heterocycles. The Kier molecular flexibility index (Phi) is 9.60. The summed E-state index contributed by atoms with van der Waals surface area (Å²) in [6.07, 6.45) is 7.51. The number of aliphatic hydroxyl groups is 1. The fourth-order valence-corrected chi connectivity index (χ4v) is 5.48. The molecule has 2 aliphatic rings. The lowest BCUT2D eigenvalue weighted by Crippen LogP contribution is -2.22. The maximum Gasteiger partial charge on any atom is 0.344 e. The first-order valence-corrected chi connectivity index (χ1v) is 12.6. The minimum absolute atomic E-state index is 0.0817. The highest BCUT2D eigenvalue weighted by Gasteiger charge is 2.42. The summed E-state index contributed by atoms with van der Waals surface area (Å²) in [6.45, 7) is 4.59. The predicted octanol–water partition coefficient (Wildman–Crippen LogP) is 4.87. The van der Waals surface area contributed by atoms with Crippen LogP contribution in [0.1, 0.15) is 70.8 Å². The quantitative estimate of drug-likeness (QED) is 0.304. The number of benzene rings is 1. The molecular formula is C27H40O6. The number of carboxylic acid groups (broad SMARTS) is 1. The maximum atomic E-state index is 11.9. The fourth-order valence-electron chi connectivity index (χ4n) is 5.48. The second-order valence-electron chi connectivity index (χ2n) is 10.1. The molecule has 0 heterocycles. The third-order valence-electron chi connectivity index (χ3n) is 7.64. The number of unbranched alkanes of at least 4 members (excludes halogenated alkanes) is 1. The van der Waals surface area contributed by atoms with Gasteiger partial charge >= 0.3 is 11.9 Å². The zero-order valence-electron chi connectivity index (χ0n) is 20.1. The molecule has 2 fully saturated rings. The second kappa shape index (κ2) is 12.4. The lowest BCUT2D eigenvalue weighted by Gasteiger charge is -2.26. The Morgan fingerprint density at radius 2 is 1.88 bits per heavy atom. The van der Waals surface area contributed by atoms with Crippen molar-refractivity contribution in [2.45, 2.75) is 77.7 Å². The third-order valence-corrected chi connectivity index (χ3v) is 7.64. The van der Waals surface area contributed by atoms with Crippen LogP contribution in [0.25, 0.3) is 0 Å². The van der Waals surface area contributed by atoms with Gasteiger partial charge in [0.2, 0.25) is 0 Å². The molecule has 0 radical (unpaired) electrons. The summed E-state index contributed by atoms with van der Waals surface area (Å²) in [5.74, 6) is 2.45. The van der Waals surface area contributed by atoms with E-state index >= 15 is 0 Å². The summed E-state index contributed by atoms with van der Waals surface area (Å²) in [5.41, 5.74) is 1.18. The topological polar surface area (TPSA) is 93.1 Å². The Labute approximate surface area is 197 Å². The van der Waals surface area contributed by atoms with Gasteiger partial charge in [-0.25, -0.2) is 4.79 Å². The van der Waals surface area contributed by atoms with E-state index in [-0.39, 0.29) is 25.7 Å². The first-order chi connectivity index (χ1) is 15.9. The van der Waals surface area contributed by atoms with Crippen molar-refractivity contribution in [1.29, 1.82) is 0 Å². The van der Waals surface area contributed by atoms with E-state index in [0.717, 1.165) is 37.5 Å². The van der Waals surface area contributed by atoms with E-state index in [1.54, 1.807) is 0 Å². The highest BCUT2D eigenvalue weighted by molar-refractivity contribution is 5.71. The Morgan fingerprint density at radius 1 is 1.09 bits per heavy atom. The minimum atomic E-state index is -0.842. The molecule has 6 atom stereocenters. The van der Waals surface area contributed by atoms with Gasteiger partial charge in [0.25, 0.3) is 0 Å². The van der Waals surface area contributed by atoms with E-state index in [9.17, 15) is 14.7 Å². The van der Waals surface area contributed by atoms with Crippen LogP contribution >= 0.6 is 0 Å². The predicted molar refractivity (Wildman–Crippen MR) is 126 cm³/mol. The van der Waals surface area contributed by atoms with Gasteiger partial charge in [0.1, 0.15) is 5.75 Å². The molecule has 2 aliphatic carbocycles. The van der Waals surface area contributed by atoms with Crippen molar-refractivity contribution in [2.75, 3.05) is 13.2 Å². The largest absolute Gasteiger partial charge is 0.482 e. The Hall–Kier alpha value is -2.08. The number of aliphatic hydroxyl groups excluding tert-OH is 1. The number of ether oxygens (including phenoxy) is 2. The smallest absolute Gasteiger partial charge is 0.344 e. The van der Waals surface area contributed by atoms with E-state index in [1.165, 1.54) is 18.4 Å². The standard InChI is InChI=1S/C27H40O6/c1-3-20-16-25(28)23(11-10-21-13-18(21)2)24(20)15-19-7-6-8-22(14-19)33-17-27(31)32-12-5-4-9-26(29)30/h6-8,14,18,20-21,23-25,28H,3-5,9-13,15-17H2,1-2H3,(H,29,30)/t18?,20-,21?,23+,24-,25+/m0/s1. The van der Waals surface area contributed by atoms with Gasteiger partial charge in [0, 0.05) is 6.42 Å². The molecule has 6 nitrogen and oxygen atoms in total. The van der Waals surface area contributed by atoms with E-state index in [2.05, 4.69) is 19.9 Å². The molecule has 0 amide bonds. The maximum absolute atomic E-state index is 11.9. The highest BCUT2D eigenvalue weighted by Crippen LogP contribution is 2.47. The van der Waals surface area contributed by atoms with E-state index in [0.29, 0.717) is 36.3 Å². The molecule has 6 heteroatoms. The van der Waals surface area contributed by atoms with Gasteiger partial charge in [0.05, 0.1) is 12.7 Å². The molecule has 2 N–H and O–H groups in total. The van der Waals surface area contributed by atoms with Crippen LogP contribution in [0.15, 0.2) is 24.3 Å². The molecule has 0 aromatic heterocycles. The molecule has 1 aromatic carbocycles. The average Bonchev–Trinajstić information content (AvgIpc) is 3.41. The summed E-state index contributed by atoms with van der Waals surface area (Å²) in [4.78, 5) is 22.4. The van der Waals surface area contributed by atoms with Crippen LogP contribution in [0.4, 0.5) is 0 Å². The van der Waals surface area contributed by atoms with Crippen LogP contribution in [0.5, 0.6) is 5.75 Å². The van der Waals surface area contributed by atoms with Gasteiger partial charge in [-0.05, 0) is 92.2 Å². The number of carbonyl (C=O) groups excluding carboxylic acids is 1. The molecule has 0 aliphatic heterocycles. The molecule has 1 aromatic rings. The van der Waals surface area contributed by atoms with Crippen molar-refractivity contribution in [3.05, 3.63) is 29.8 Å². The van der Waals surface area contributed by atoms with E-state index in [1.807, 2.05) is 18.2 Å². The summed E-state index contributed by atoms with van der Waals surface area (Å²) >= 11 is 0. The first-order valence-electron chi connectivity index (χ1n) is 12.6. The number of esters is 1. The van der Waals surface area contributed by atoms with Gasteiger partial charge in [0.15, 0.2) is 6.61 Å². The van der Waals surface area contributed by atoms with Gasteiger partial charge < -0.3 is 19.7 Å². The van der Waals surface area contributed by atoms with Gasteiger partial charge in [-0.15, -0.1) is 0 Å². The van der Waals surface area contributed by atoms with Crippen LogP contribution in [0.3, 0.4) is 0 Å². The van der Waals surface area contributed by atoms with Crippen molar-refractivity contribution in [3.63, 3.8) is 0 Å². The average molecular weight is 461 g/mol. The number of carboxylic acids is 1. The fraction of sp³-hybridized carbons (Fsp3) is 0.704. The summed E-state index contributed by atoms with van der Waals surface area (Å²) in [6, 6.07) is 7.90. The number of rotatable bonds is 14. The molecule has 2 saturated carbocycles. The lowest BCUT2D eigenvalue weighted by atomic mass is 9.80. The zero-order chi connectivity index (χ0) is 23.8. The molecule has 33 heavy (non-hydrogen) atoms. The van der Waals surface area contributed by atoms with Crippen LogP contribution in [-0.4, -0.2) is 41.5 Å².